The van der Waals surface area contributed by atoms with E-state index in [1.807, 2.05) is 44.2 Å². The van der Waals surface area contributed by atoms with E-state index in [1.165, 1.54) is 19.3 Å². The zero-order chi connectivity index (χ0) is 32.7. The van der Waals surface area contributed by atoms with Gasteiger partial charge in [-0.05, 0) is 75.1 Å². The number of hydrogen-bond acceptors (Lipinski definition) is 5. The van der Waals surface area contributed by atoms with Gasteiger partial charge in [0.2, 0.25) is 0 Å². The minimum absolute atomic E-state index is 0.0851. The summed E-state index contributed by atoms with van der Waals surface area (Å²) in [6.07, 6.45) is 3.51. The van der Waals surface area contributed by atoms with Gasteiger partial charge in [-0.1, -0.05) is 64.6 Å². The van der Waals surface area contributed by atoms with Crippen molar-refractivity contribution in [2.45, 2.75) is 51.9 Å². The van der Waals surface area contributed by atoms with Crippen molar-refractivity contribution in [3.05, 3.63) is 97.6 Å². The third-order valence-corrected chi connectivity index (χ3v) is 10.6. The molecule has 0 radical (unpaired) electrons. The van der Waals surface area contributed by atoms with Crippen molar-refractivity contribution >= 4 is 50.8 Å². The Hall–Kier alpha value is -2.92. The molecule has 1 aromatic heterocycles. The highest BCUT2D eigenvalue weighted by Gasteiger charge is 2.42. The van der Waals surface area contributed by atoms with Gasteiger partial charge in [-0.25, -0.2) is 17.7 Å². The van der Waals surface area contributed by atoms with Crippen LogP contribution in [-0.4, -0.2) is 52.9 Å². The monoisotopic (exact) mass is 688 g/mol. The lowest BCUT2D eigenvalue weighted by Gasteiger charge is -2.47. The van der Waals surface area contributed by atoms with Gasteiger partial charge in [0, 0.05) is 40.4 Å². The topological polar surface area (TPSA) is 104 Å². The summed E-state index contributed by atoms with van der Waals surface area (Å²) in [6, 6.07) is 16.1. The van der Waals surface area contributed by atoms with Crippen molar-refractivity contribution in [2.75, 3.05) is 19.6 Å². The van der Waals surface area contributed by atoms with Crippen LogP contribution >= 0.6 is 34.8 Å². The van der Waals surface area contributed by atoms with Gasteiger partial charge in [0.25, 0.3) is 0 Å². The molecule has 0 spiro atoms. The van der Waals surface area contributed by atoms with Crippen LogP contribution in [0.1, 0.15) is 52.0 Å². The Kier molecular flexibility index (Phi) is 9.71. The maximum absolute atomic E-state index is 13.5. The van der Waals surface area contributed by atoms with E-state index in [0.717, 1.165) is 47.9 Å². The summed E-state index contributed by atoms with van der Waals surface area (Å²) in [7, 11) is -4.33. The normalized spacial score (nSPS) is 19.2. The number of piperidine rings is 3. The molecule has 8 nitrogen and oxygen atoms in total. The number of aromatic nitrogens is 2. The maximum Gasteiger partial charge on any atom is 0.316 e. The fourth-order valence-electron chi connectivity index (χ4n) is 6.54. The number of carbonyl (C=O) groups excluding carboxylic acids is 1. The van der Waals surface area contributed by atoms with Crippen molar-refractivity contribution in [3.63, 3.8) is 0 Å². The van der Waals surface area contributed by atoms with Crippen molar-refractivity contribution in [2.24, 2.45) is 5.92 Å². The minimum atomic E-state index is -4.33. The van der Waals surface area contributed by atoms with Crippen molar-refractivity contribution < 1.29 is 22.4 Å². The van der Waals surface area contributed by atoms with E-state index >= 15 is 0 Å². The maximum atomic E-state index is 13.5. The van der Waals surface area contributed by atoms with Crippen LogP contribution in [0.4, 0.5) is 0 Å². The van der Waals surface area contributed by atoms with E-state index in [4.69, 9.17) is 39.9 Å². The number of aryl methyl sites for hydroxylation is 3. The van der Waals surface area contributed by atoms with Crippen LogP contribution in [0.2, 0.25) is 15.1 Å². The van der Waals surface area contributed by atoms with Gasteiger partial charge in [-0.15, -0.1) is 0 Å². The molecule has 4 aromatic rings. The first-order valence-electron chi connectivity index (χ1n) is 14.7. The Labute approximate surface area is 279 Å². The number of hydrogen-bond donors (Lipinski definition) is 1. The average Bonchev–Trinajstić information content (AvgIpc) is 3.30. The van der Waals surface area contributed by atoms with Gasteiger partial charge in [0.05, 0.1) is 21.3 Å². The molecular formula is C33H35Cl3N4O4S. The van der Waals surface area contributed by atoms with Crippen molar-refractivity contribution in [1.82, 2.24) is 15.2 Å². The van der Waals surface area contributed by atoms with Crippen LogP contribution in [0, 0.1) is 33.6 Å². The predicted molar refractivity (Wildman–Crippen MR) is 177 cm³/mol. The molecule has 12 heteroatoms. The molecule has 3 aliphatic rings. The van der Waals surface area contributed by atoms with Crippen LogP contribution in [0.3, 0.4) is 0 Å². The molecule has 3 aromatic carbocycles. The van der Waals surface area contributed by atoms with E-state index in [9.17, 15) is 17.8 Å². The summed E-state index contributed by atoms with van der Waals surface area (Å²) >= 11 is 18.8. The number of carbonyl (C=O) groups is 1. The number of nitrogens with one attached hydrogen (secondary N) is 1. The van der Waals surface area contributed by atoms with E-state index < -0.39 is 10.1 Å². The van der Waals surface area contributed by atoms with E-state index in [2.05, 4.69) is 5.43 Å². The molecule has 45 heavy (non-hydrogen) atoms. The number of quaternary nitrogens is 1. The lowest BCUT2D eigenvalue weighted by molar-refractivity contribution is -0.974. The van der Waals surface area contributed by atoms with Crippen molar-refractivity contribution in [3.8, 4) is 16.9 Å². The molecule has 0 unspecified atom stereocenters. The Morgan fingerprint density at radius 2 is 1.44 bits per heavy atom. The Balaban J connectivity index is 0.000000259. The van der Waals surface area contributed by atoms with Crippen LogP contribution in [-0.2, 0) is 10.1 Å². The molecule has 1 N–H and O–H groups in total. The quantitative estimate of drug-likeness (QED) is 0.172. The van der Waals surface area contributed by atoms with Crippen LogP contribution in [0.15, 0.2) is 59.5 Å². The van der Waals surface area contributed by atoms with Crippen LogP contribution in [0.5, 0.6) is 0 Å². The Morgan fingerprint density at radius 3 is 1.98 bits per heavy atom. The van der Waals surface area contributed by atoms with Gasteiger partial charge >= 0.3 is 5.91 Å². The molecule has 0 saturated carbocycles. The van der Waals surface area contributed by atoms with Crippen molar-refractivity contribution in [1.29, 1.82) is 0 Å². The summed E-state index contributed by atoms with van der Waals surface area (Å²) in [5.41, 5.74) is 8.86. The van der Waals surface area contributed by atoms with Gasteiger partial charge in [0.1, 0.15) is 29.8 Å². The molecule has 3 fully saturated rings. The Bertz CT molecular complexity index is 1830. The zero-order valence-corrected chi connectivity index (χ0v) is 28.6. The number of halogens is 3. The first kappa shape index (κ1) is 33.4. The summed E-state index contributed by atoms with van der Waals surface area (Å²) < 4.78 is 34.9. The van der Waals surface area contributed by atoms with E-state index in [-0.39, 0.29) is 10.8 Å². The first-order chi connectivity index (χ1) is 21.2. The largest absolute Gasteiger partial charge is 0.744 e. The number of fused-ring (bicyclic) bond motifs is 3. The second kappa shape index (κ2) is 13.1. The molecule has 4 heterocycles. The summed E-state index contributed by atoms with van der Waals surface area (Å²) in [5.74, 6) is 0.665. The third kappa shape index (κ3) is 7.24. The predicted octanol–water partition coefficient (Wildman–Crippen LogP) is 7.60. The van der Waals surface area contributed by atoms with Crippen LogP contribution in [0.25, 0.3) is 16.9 Å². The second-order valence-corrected chi connectivity index (χ2v) is 14.6. The molecule has 238 valence electrons. The highest BCUT2D eigenvalue weighted by molar-refractivity contribution is 7.85. The third-order valence-electron chi connectivity index (χ3n) is 8.68. The van der Waals surface area contributed by atoms with Gasteiger partial charge < -0.3 is 4.55 Å². The van der Waals surface area contributed by atoms with Gasteiger partial charge in [-0.3, -0.25) is 4.79 Å². The van der Waals surface area contributed by atoms with Gasteiger partial charge in [-0.2, -0.15) is 10.5 Å². The summed E-state index contributed by atoms with van der Waals surface area (Å²) in [6.45, 7) is 10.0. The molecule has 2 bridgehead atoms. The number of nitrogens with zero attached hydrogens (tertiary/aromatic N) is 3. The van der Waals surface area contributed by atoms with E-state index in [0.29, 0.717) is 42.2 Å². The molecule has 0 atom stereocenters. The lowest BCUT2D eigenvalue weighted by Crippen LogP contribution is -2.66. The average molecular weight is 690 g/mol. The van der Waals surface area contributed by atoms with E-state index in [1.54, 1.807) is 42.8 Å². The fraction of sp³-hybridized carbons (Fsp3) is 0.333. The lowest BCUT2D eigenvalue weighted by atomic mass is 9.87. The highest BCUT2D eigenvalue weighted by Crippen LogP contribution is 2.35. The number of benzene rings is 3. The highest BCUT2D eigenvalue weighted by atomic mass is 35.5. The smallest absolute Gasteiger partial charge is 0.316 e. The number of amides is 1. The zero-order valence-electron chi connectivity index (χ0n) is 25.5. The summed E-state index contributed by atoms with van der Waals surface area (Å²) in [5, 5.41) is 6.39. The SMILES string of the molecule is Cc1c(C(=O)N[N+]23CCC(CC2)CC3)nn(-c2ccc(Cl)cc2Cl)c1-c1ccc(Cl)cc1.Cc1cc(C)c(S(=O)(=O)[O-])c(C)c1. The van der Waals surface area contributed by atoms with Gasteiger partial charge in [0.15, 0.2) is 5.69 Å². The summed E-state index contributed by atoms with van der Waals surface area (Å²) in [4.78, 5) is 13.4. The molecule has 3 aliphatic heterocycles. The minimum Gasteiger partial charge on any atom is -0.744 e. The standard InChI is InChI=1S/C24H23Cl3N4O.C9H12O3S/c1-15-22(24(32)29-31-11-8-16(9-12-31)10-13-31)28-30(21-7-6-19(26)14-20(21)27)23(15)17-2-4-18(25)5-3-17;1-6-4-7(2)9(8(3)5-6)13(10,11)12/h2-7,14,16H,8-13H2,1H3;4-5H,1-3H3,(H,10,11,12). The Morgan fingerprint density at radius 1 is 0.889 bits per heavy atom. The van der Waals surface area contributed by atoms with Crippen LogP contribution < -0.4 is 5.43 Å². The first-order valence-corrected chi connectivity index (χ1v) is 17.2. The molecule has 1 amide bonds. The molecule has 7 rings (SSSR count). The molecule has 3 saturated heterocycles. The molecular weight excluding hydrogens is 655 g/mol. The second-order valence-electron chi connectivity index (χ2n) is 12.0. The number of rotatable bonds is 5. The molecule has 0 aliphatic carbocycles. The fourth-order valence-corrected chi connectivity index (χ4v) is 8.06.